The second kappa shape index (κ2) is 28.9. The first kappa shape index (κ1) is 43.3. The molecule has 1 aromatic carbocycles. The number of ether oxygens (including phenoxy) is 1. The summed E-state index contributed by atoms with van der Waals surface area (Å²) in [4.78, 5) is 21.6. The molecule has 10 heteroatoms. The third kappa shape index (κ3) is 23.6. The topological polar surface area (TPSA) is 98.7 Å². The fourth-order valence-corrected chi connectivity index (χ4v) is 6.28. The SMILES string of the molecule is CCCCCCC[C@@H](SCCCCCCCCCCc1ccccc1)[C@H](C)OCCCOP(=O)([O-])C(=O)[O-].[Na+].[Na+]. The van der Waals surface area contributed by atoms with Gasteiger partial charge in [-0.2, -0.15) is 11.8 Å². The van der Waals surface area contributed by atoms with Crippen LogP contribution in [-0.2, 0) is 20.2 Å². The number of hydrogen-bond acceptors (Lipinski definition) is 7. The predicted octanol–water partition coefficient (Wildman–Crippen LogP) is 1.53. The number of unbranched alkanes of at least 4 members (excludes halogenated alkanes) is 11. The van der Waals surface area contributed by atoms with Crippen LogP contribution in [0.25, 0.3) is 0 Å². The average molecular weight is 617 g/mol. The summed E-state index contributed by atoms with van der Waals surface area (Å²) in [5.41, 5.74) is -0.729. The zero-order valence-corrected chi connectivity index (χ0v) is 31.5. The molecule has 6 nitrogen and oxygen atoms in total. The maximum Gasteiger partial charge on any atom is 1.00 e. The molecule has 0 N–H and O–H groups in total. The van der Waals surface area contributed by atoms with Crippen LogP contribution in [0.1, 0.15) is 116 Å². The van der Waals surface area contributed by atoms with Gasteiger partial charge in [0.15, 0.2) is 7.60 Å². The van der Waals surface area contributed by atoms with Crippen LogP contribution < -0.4 is 69.1 Å². The molecule has 0 radical (unpaired) electrons. The molecule has 0 aliphatic carbocycles. The van der Waals surface area contributed by atoms with E-state index in [1.54, 1.807) is 0 Å². The minimum Gasteiger partial charge on any atom is -0.774 e. The van der Waals surface area contributed by atoms with E-state index in [1.807, 2.05) is 11.8 Å². The Balaban J connectivity index is 0. The van der Waals surface area contributed by atoms with Crippen LogP contribution in [0.4, 0.5) is 4.79 Å². The Morgan fingerprint density at radius 3 is 2.05 bits per heavy atom. The first-order valence-electron chi connectivity index (χ1n) is 14.8. The Morgan fingerprint density at radius 1 is 0.850 bits per heavy atom. The van der Waals surface area contributed by atoms with Gasteiger partial charge in [0.05, 0.1) is 12.7 Å². The molecule has 0 saturated heterocycles. The molecule has 1 rings (SSSR count). The maximum atomic E-state index is 11.1. The fraction of sp³-hybridized carbons (Fsp3) is 0.767. The number of hydrogen-bond donors (Lipinski definition) is 0. The molecule has 3 atom stereocenters. The first-order chi connectivity index (χ1) is 18.4. The van der Waals surface area contributed by atoms with Crippen LogP contribution in [-0.4, -0.2) is 36.0 Å². The maximum absolute atomic E-state index is 11.1. The Kier molecular flexibility index (Phi) is 31.3. The van der Waals surface area contributed by atoms with Crippen LogP contribution in [0.15, 0.2) is 30.3 Å². The molecule has 0 aromatic heterocycles. The van der Waals surface area contributed by atoms with Crippen molar-refractivity contribution in [3.63, 3.8) is 0 Å². The molecule has 1 aromatic rings. The van der Waals surface area contributed by atoms with E-state index < -0.39 is 13.3 Å². The zero-order chi connectivity index (χ0) is 27.9. The van der Waals surface area contributed by atoms with Gasteiger partial charge in [0, 0.05) is 11.9 Å². The van der Waals surface area contributed by atoms with Crippen molar-refractivity contribution in [2.45, 2.75) is 128 Å². The second-order valence-corrected chi connectivity index (χ2v) is 13.2. The van der Waals surface area contributed by atoms with Gasteiger partial charge in [-0.15, -0.1) is 0 Å². The van der Waals surface area contributed by atoms with Gasteiger partial charge < -0.3 is 28.6 Å². The number of benzene rings is 1. The van der Waals surface area contributed by atoms with Crippen LogP contribution in [0.2, 0.25) is 0 Å². The van der Waals surface area contributed by atoms with Gasteiger partial charge in [0.25, 0.3) is 0 Å². The molecule has 220 valence electrons. The van der Waals surface area contributed by atoms with Gasteiger partial charge >= 0.3 is 59.1 Å². The van der Waals surface area contributed by atoms with E-state index in [0.29, 0.717) is 18.3 Å². The Bertz CT molecular complexity index is 759. The minimum absolute atomic E-state index is 0. The van der Waals surface area contributed by atoms with E-state index in [0.717, 1.165) is 12.2 Å². The number of carbonyl (C=O) groups is 1. The molecule has 0 saturated carbocycles. The van der Waals surface area contributed by atoms with Crippen LogP contribution >= 0.6 is 19.4 Å². The fourth-order valence-electron chi connectivity index (χ4n) is 4.45. The minimum atomic E-state index is -4.92. The number of carbonyl (C=O) groups excluding carboxylic acids is 1. The normalized spacial score (nSPS) is 14.0. The van der Waals surface area contributed by atoms with Gasteiger partial charge in [-0.25, -0.2) is 0 Å². The molecule has 1 unspecified atom stereocenters. The van der Waals surface area contributed by atoms with Gasteiger partial charge in [-0.1, -0.05) is 108 Å². The van der Waals surface area contributed by atoms with Gasteiger partial charge in [0.1, 0.15) is 5.71 Å². The van der Waals surface area contributed by atoms with E-state index in [2.05, 4.69) is 48.7 Å². The van der Waals surface area contributed by atoms with Crippen molar-refractivity contribution < 1.29 is 87.7 Å². The third-order valence-corrected chi connectivity index (χ3v) is 9.35. The van der Waals surface area contributed by atoms with Crippen molar-refractivity contribution >= 4 is 25.1 Å². The molecular weight excluding hydrogens is 565 g/mol. The molecule has 0 bridgehead atoms. The van der Waals surface area contributed by atoms with Crippen molar-refractivity contribution in [2.75, 3.05) is 19.0 Å². The molecule has 0 heterocycles. The number of thioether (sulfide) groups is 1. The Labute approximate surface area is 293 Å². The van der Waals surface area contributed by atoms with E-state index in [4.69, 9.17) is 4.74 Å². The molecule has 0 aliphatic heterocycles. The van der Waals surface area contributed by atoms with Crippen LogP contribution in [0.5, 0.6) is 0 Å². The molecule has 0 amide bonds. The summed E-state index contributed by atoms with van der Waals surface area (Å²) in [6.45, 7) is 4.45. The summed E-state index contributed by atoms with van der Waals surface area (Å²) >= 11 is 2.00. The van der Waals surface area contributed by atoms with Gasteiger partial charge in [0.2, 0.25) is 0 Å². The number of rotatable bonds is 26. The molecule has 0 aliphatic rings. The molecule has 0 fully saturated rings. The second-order valence-electron chi connectivity index (χ2n) is 10.2. The van der Waals surface area contributed by atoms with Crippen molar-refractivity contribution in [1.82, 2.24) is 0 Å². The standard InChI is InChI=1S/C30H53O6PS.2Na/c1-3-4-5-10-17-23-29(27(2)35-24-19-25-36-37(33,34)30(31)32)38-26-18-12-9-7-6-8-11-14-20-28-21-15-13-16-22-28;;/h13,15-16,21-22,27,29H,3-12,14,17-20,23-26H2,1-2H3,(H,31,32)(H,33,34);;/q;2*+1/p-2/t27-,29+;;/m0../s1. The van der Waals surface area contributed by atoms with Crippen LogP contribution in [0.3, 0.4) is 0 Å². The summed E-state index contributed by atoms with van der Waals surface area (Å²) in [6.07, 6.45) is 19.4. The summed E-state index contributed by atoms with van der Waals surface area (Å²) in [5.74, 6) is 1.14. The zero-order valence-electron chi connectivity index (χ0n) is 25.8. The first-order valence-corrected chi connectivity index (χ1v) is 17.4. The Hall–Kier alpha value is 1.15. The number of carboxylic acid groups (broad SMARTS) is 1. The van der Waals surface area contributed by atoms with Gasteiger partial charge in [-0.05, 0) is 50.3 Å². The van der Waals surface area contributed by atoms with Crippen molar-refractivity contribution in [2.24, 2.45) is 0 Å². The molecular formula is C30H51Na2O6PS. The van der Waals surface area contributed by atoms with E-state index >= 15 is 0 Å². The average Bonchev–Trinajstić information content (AvgIpc) is 2.90. The third-order valence-electron chi connectivity index (χ3n) is 6.80. The smallest absolute Gasteiger partial charge is 0.774 e. The van der Waals surface area contributed by atoms with Crippen molar-refractivity contribution in [3.05, 3.63) is 35.9 Å². The Morgan fingerprint density at radius 2 is 1.43 bits per heavy atom. The van der Waals surface area contributed by atoms with Gasteiger partial charge in [-0.3, -0.25) is 0 Å². The van der Waals surface area contributed by atoms with E-state index in [1.165, 1.54) is 95.5 Å². The van der Waals surface area contributed by atoms with Crippen molar-refractivity contribution in [3.8, 4) is 0 Å². The van der Waals surface area contributed by atoms with Crippen molar-refractivity contribution in [1.29, 1.82) is 0 Å². The summed E-state index contributed by atoms with van der Waals surface area (Å²) in [5, 5.41) is 10.9. The number of aryl methyl sites for hydroxylation is 1. The monoisotopic (exact) mass is 616 g/mol. The quantitative estimate of drug-likeness (QED) is 0.0885. The molecule has 40 heavy (non-hydrogen) atoms. The van der Waals surface area contributed by atoms with Crippen LogP contribution in [0, 0.1) is 0 Å². The van der Waals surface area contributed by atoms with E-state index in [-0.39, 0.29) is 71.8 Å². The largest absolute Gasteiger partial charge is 1.00 e. The predicted molar refractivity (Wildman–Crippen MR) is 156 cm³/mol. The summed E-state index contributed by atoms with van der Waals surface area (Å²) in [7, 11) is -4.92. The summed E-state index contributed by atoms with van der Waals surface area (Å²) < 4.78 is 21.6. The molecule has 0 spiro atoms. The van der Waals surface area contributed by atoms with E-state index in [9.17, 15) is 19.4 Å². The summed E-state index contributed by atoms with van der Waals surface area (Å²) in [6, 6.07) is 10.8.